The molecule has 0 aliphatic heterocycles. The average molecular weight is 903 g/mol. The molecule has 6 heteroatoms. The molecule has 5 nitrogen and oxygen atoms in total. The van der Waals surface area contributed by atoms with Crippen molar-refractivity contribution in [3.8, 4) is 28.6 Å². The van der Waals surface area contributed by atoms with Crippen molar-refractivity contribution in [1.29, 1.82) is 0 Å². The molecule has 0 radical (unpaired) electrons. The monoisotopic (exact) mass is 902 g/mol. The molecule has 0 amide bonds. The first-order valence-electron chi connectivity index (χ1n) is 19.4. The Morgan fingerprint density at radius 1 is 0.727 bits per heavy atom. The summed E-state index contributed by atoms with van der Waals surface area (Å²) in [6.45, 7) is 14.1. The summed E-state index contributed by atoms with van der Waals surface area (Å²) in [5.41, 5.74) is 11.2. The molecular weight excluding hydrogens is 858 g/mol. The van der Waals surface area contributed by atoms with Crippen molar-refractivity contribution in [3.63, 3.8) is 0 Å². The fourth-order valence-corrected chi connectivity index (χ4v) is 10.2. The molecule has 1 unspecified atom stereocenters. The fraction of sp³-hybridized carbons (Fsp3) is 0.306. The summed E-state index contributed by atoms with van der Waals surface area (Å²) in [7, 11) is 0. The van der Waals surface area contributed by atoms with Crippen LogP contribution >= 0.6 is 0 Å². The molecule has 4 aromatic carbocycles. The van der Waals surface area contributed by atoms with Gasteiger partial charge in [0.1, 0.15) is 11.4 Å². The molecule has 55 heavy (non-hydrogen) atoms. The van der Waals surface area contributed by atoms with Gasteiger partial charge in [0.05, 0.1) is 11.3 Å². The zero-order valence-corrected chi connectivity index (χ0v) is 34.6. The van der Waals surface area contributed by atoms with Crippen molar-refractivity contribution in [1.82, 2.24) is 14.5 Å². The predicted molar refractivity (Wildman–Crippen MR) is 219 cm³/mol. The van der Waals surface area contributed by atoms with E-state index in [1.165, 1.54) is 36.0 Å². The third kappa shape index (κ3) is 6.29. The Bertz CT molecular complexity index is 2770. The van der Waals surface area contributed by atoms with E-state index in [9.17, 15) is 0 Å². The number of hydrogen-bond acceptors (Lipinski definition) is 4. The summed E-state index contributed by atoms with van der Waals surface area (Å²) >= 11 is 0. The van der Waals surface area contributed by atoms with Crippen molar-refractivity contribution < 1.29 is 30.2 Å². The van der Waals surface area contributed by atoms with Gasteiger partial charge >= 0.3 is 21.1 Å². The first kappa shape index (κ1) is 35.9. The van der Waals surface area contributed by atoms with Crippen LogP contribution in [0.3, 0.4) is 0 Å². The summed E-state index contributed by atoms with van der Waals surface area (Å²) < 4.78 is 15.4. The Kier molecular flexibility index (Phi) is 8.62. The molecule has 2 aliphatic carbocycles. The average Bonchev–Trinajstić information content (AvgIpc) is 3.83. The number of benzene rings is 4. The number of hydrogen-bond donors (Lipinski definition) is 0. The number of furan rings is 1. The predicted octanol–water partition coefficient (Wildman–Crippen LogP) is 12.7. The summed E-state index contributed by atoms with van der Waals surface area (Å²) in [6, 6.07) is 34.6. The van der Waals surface area contributed by atoms with Gasteiger partial charge in [-0.2, -0.15) is 6.07 Å². The molecule has 0 bridgehead atoms. The van der Waals surface area contributed by atoms with Gasteiger partial charge in [-0.05, 0) is 115 Å². The smallest absolute Gasteiger partial charge is 0.499 e. The second-order valence-electron chi connectivity index (χ2n) is 17.7. The van der Waals surface area contributed by atoms with E-state index in [0.29, 0.717) is 33.8 Å². The second kappa shape index (κ2) is 13.2. The van der Waals surface area contributed by atoms with E-state index >= 15 is 0 Å². The van der Waals surface area contributed by atoms with Crippen molar-refractivity contribution >= 4 is 43.7 Å². The number of para-hydroxylation sites is 2. The first-order valence-corrected chi connectivity index (χ1v) is 19.4. The van der Waals surface area contributed by atoms with Crippen LogP contribution in [0.4, 0.5) is 0 Å². The van der Waals surface area contributed by atoms with E-state index in [4.69, 9.17) is 19.1 Å². The van der Waals surface area contributed by atoms with Gasteiger partial charge in [-0.1, -0.05) is 92.7 Å². The zero-order chi connectivity index (χ0) is 36.9. The van der Waals surface area contributed by atoms with Crippen molar-refractivity contribution in [3.05, 3.63) is 126 Å². The number of aryl methyl sites for hydroxylation is 2. The van der Waals surface area contributed by atoms with Crippen LogP contribution in [-0.2, 0) is 33.9 Å². The summed E-state index contributed by atoms with van der Waals surface area (Å²) in [6.07, 6.45) is 10.2. The Labute approximate surface area is 337 Å². The van der Waals surface area contributed by atoms with Crippen LogP contribution in [0.1, 0.15) is 69.2 Å². The van der Waals surface area contributed by atoms with Crippen LogP contribution in [0.15, 0.2) is 95.7 Å². The molecule has 0 spiro atoms. The van der Waals surface area contributed by atoms with Crippen LogP contribution in [0, 0.1) is 48.6 Å². The van der Waals surface area contributed by atoms with Crippen LogP contribution in [0.5, 0.6) is 11.5 Å². The van der Waals surface area contributed by atoms with Crippen molar-refractivity contribution in [2.24, 2.45) is 22.7 Å². The molecule has 1 saturated carbocycles. The molecule has 0 saturated heterocycles. The van der Waals surface area contributed by atoms with Crippen LogP contribution < -0.4 is 4.74 Å². The third-order valence-electron chi connectivity index (χ3n) is 12.3. The summed E-state index contributed by atoms with van der Waals surface area (Å²) in [5.74, 6) is 3.35. The van der Waals surface area contributed by atoms with Gasteiger partial charge in [-0.3, -0.25) is 0 Å². The normalized spacial score (nSPS) is 17.9. The van der Waals surface area contributed by atoms with Crippen LogP contribution in [0.25, 0.3) is 60.8 Å². The number of rotatable bonds is 5. The van der Waals surface area contributed by atoms with E-state index in [-0.39, 0.29) is 21.1 Å². The zero-order valence-electron chi connectivity index (χ0n) is 32.3. The maximum Gasteiger partial charge on any atom is 2.00 e. The van der Waals surface area contributed by atoms with Crippen LogP contribution in [-0.4, -0.2) is 14.5 Å². The standard InChI is InChI=1S/C49H45N3O2.Pt/c1-29-17-46(51-26-30(29)2)52-42-13-9-7-11-37(42)38-16-15-36(23-43(38)52)53-45-22-33(20-40-39-12-8-10-14-44(39)54-47(40)45)41-21-32-18-31(19-34(32)27-50-41)35-24-48(3,4)28-49(5,6)25-35;/h7-17,20-21,26-27,31,35H,18-19,24-25,28H2,1-6H3;/q-2;+2. The topological polar surface area (TPSA) is 53.1 Å². The molecule has 1 fully saturated rings. The van der Waals surface area contributed by atoms with E-state index in [1.807, 2.05) is 24.4 Å². The van der Waals surface area contributed by atoms with E-state index < -0.39 is 0 Å². The van der Waals surface area contributed by atoms with Gasteiger partial charge in [0, 0.05) is 29.0 Å². The number of nitrogens with zero attached hydrogens (tertiary/aromatic N) is 3. The molecule has 8 aromatic rings. The number of aromatic nitrogens is 3. The van der Waals surface area contributed by atoms with Gasteiger partial charge < -0.3 is 18.7 Å². The van der Waals surface area contributed by atoms with Gasteiger partial charge in [0.2, 0.25) is 0 Å². The van der Waals surface area contributed by atoms with Crippen LogP contribution in [0.2, 0.25) is 0 Å². The first-order chi connectivity index (χ1) is 26.0. The molecule has 0 N–H and O–H groups in total. The van der Waals surface area contributed by atoms with Gasteiger partial charge in [-0.25, -0.2) is 4.98 Å². The molecule has 278 valence electrons. The molecule has 4 aromatic heterocycles. The van der Waals surface area contributed by atoms with Gasteiger partial charge in [-0.15, -0.1) is 29.1 Å². The minimum absolute atomic E-state index is 0. The van der Waals surface area contributed by atoms with E-state index in [2.05, 4.69) is 125 Å². The Morgan fingerprint density at radius 2 is 1.47 bits per heavy atom. The largest absolute Gasteiger partial charge is 2.00 e. The SMILES string of the molecule is Cc1cnc(-n2c3[c-]c(Oc4[c-]c(-c5cc6c(cn5)CC(C5CC(C)(C)CC(C)(C)C5)C6)cc5c4oc4ccccc45)ccc3c3ccccc32)cc1C.[Pt+2]. The summed E-state index contributed by atoms with van der Waals surface area (Å²) in [5, 5.41) is 4.25. The molecular formula is C49H45N3O2Pt. The van der Waals surface area contributed by atoms with Crippen molar-refractivity contribution in [2.75, 3.05) is 0 Å². The quantitative estimate of drug-likeness (QED) is 0.162. The second-order valence-corrected chi connectivity index (χ2v) is 17.7. The molecule has 4 heterocycles. The molecule has 10 rings (SSSR count). The fourth-order valence-electron chi connectivity index (χ4n) is 10.2. The number of ether oxygens (including phenoxy) is 1. The number of pyridine rings is 2. The minimum atomic E-state index is 0. The third-order valence-corrected chi connectivity index (χ3v) is 12.3. The van der Waals surface area contributed by atoms with Crippen molar-refractivity contribution in [2.45, 2.75) is 73.6 Å². The molecule has 2 aliphatic rings. The van der Waals surface area contributed by atoms with Gasteiger partial charge in [0.15, 0.2) is 0 Å². The Morgan fingerprint density at radius 3 is 2.27 bits per heavy atom. The Balaban J connectivity index is 0.00000397. The maximum absolute atomic E-state index is 6.78. The minimum Gasteiger partial charge on any atom is -0.499 e. The van der Waals surface area contributed by atoms with E-state index in [0.717, 1.165) is 79.6 Å². The maximum atomic E-state index is 6.78. The summed E-state index contributed by atoms with van der Waals surface area (Å²) in [4.78, 5) is 9.91. The van der Waals surface area contributed by atoms with E-state index in [1.54, 1.807) is 0 Å². The van der Waals surface area contributed by atoms with Gasteiger partial charge in [0.25, 0.3) is 0 Å². The molecule has 1 atom stereocenters. The Hall–Kier alpha value is -4.73. The number of fused-ring (bicyclic) bond motifs is 7.